The second kappa shape index (κ2) is 11.4. The van der Waals surface area contributed by atoms with Crippen LogP contribution in [0.1, 0.15) is 18.1 Å². The molecule has 4 rings (SSSR count). The number of amides is 4. The molecule has 1 heterocycles. The van der Waals surface area contributed by atoms with Gasteiger partial charge in [-0.05, 0) is 95.5 Å². The number of anilines is 1. The fraction of sp³-hybridized carbons (Fsp3) is 0.115. The molecule has 3 aromatic carbocycles. The molecule has 0 spiro atoms. The van der Waals surface area contributed by atoms with Crippen LogP contribution in [0.5, 0.6) is 11.5 Å². The molecule has 202 valence electrons. The Morgan fingerprint density at radius 3 is 2.41 bits per heavy atom. The number of nitrogens with zero attached hydrogens (tertiary/aromatic N) is 1. The number of hydrogen-bond acceptors (Lipinski definition) is 7. The highest BCUT2D eigenvalue weighted by Gasteiger charge is 2.37. The average molecular weight is 654 g/mol. The minimum atomic E-state index is -4.26. The van der Waals surface area contributed by atoms with Gasteiger partial charge in [-0.25, -0.2) is 9.69 Å². The van der Waals surface area contributed by atoms with Crippen molar-refractivity contribution in [2.45, 2.75) is 18.7 Å². The zero-order valence-corrected chi connectivity index (χ0v) is 24.2. The highest BCUT2D eigenvalue weighted by molar-refractivity contribution is 9.10. The van der Waals surface area contributed by atoms with Crippen LogP contribution in [0.3, 0.4) is 0 Å². The molecule has 0 radical (unpaired) electrons. The first kappa shape index (κ1) is 28.6. The van der Waals surface area contributed by atoms with Crippen LogP contribution in [0, 0.1) is 6.92 Å². The molecular weight excluding hydrogens is 635 g/mol. The molecule has 1 N–H and O–H groups in total. The molecule has 0 bridgehead atoms. The number of ether oxygens (including phenoxy) is 1. The minimum absolute atomic E-state index is 0.0264. The van der Waals surface area contributed by atoms with Crippen LogP contribution >= 0.6 is 39.1 Å². The number of rotatable bonds is 7. The first-order valence-corrected chi connectivity index (χ1v) is 14.2. The van der Waals surface area contributed by atoms with Gasteiger partial charge in [-0.3, -0.25) is 14.9 Å². The van der Waals surface area contributed by atoms with Crippen molar-refractivity contribution >= 4 is 78.9 Å². The van der Waals surface area contributed by atoms with E-state index in [1.165, 1.54) is 48.5 Å². The van der Waals surface area contributed by atoms with Crippen molar-refractivity contribution in [3.05, 3.63) is 85.8 Å². The van der Waals surface area contributed by atoms with E-state index in [1.54, 1.807) is 26.0 Å². The Labute approximate surface area is 242 Å². The van der Waals surface area contributed by atoms with Gasteiger partial charge in [0, 0.05) is 10.0 Å². The van der Waals surface area contributed by atoms with E-state index in [4.69, 9.17) is 32.1 Å². The minimum Gasteiger partial charge on any atom is -0.490 e. The lowest BCUT2D eigenvalue weighted by Crippen LogP contribution is -2.54. The standard InChI is InChI=1S/C26H19BrCl2N2O7S/c1-3-37-22-13-15(12-19(27)23(22)38-39(35,36)17-9-7-16(28)8-10-17)11-18-24(32)30-26(34)31(25(18)33)21-6-4-5-20(29)14(21)2/h4-13H,3H2,1-2H3,(H,30,32,34)/b18-11+. The number of imide groups is 2. The number of carbonyl (C=O) groups excluding carboxylic acids is 3. The summed E-state index contributed by atoms with van der Waals surface area (Å²) in [5, 5.41) is 2.85. The topological polar surface area (TPSA) is 119 Å². The lowest BCUT2D eigenvalue weighted by Gasteiger charge is -2.27. The van der Waals surface area contributed by atoms with Crippen molar-refractivity contribution in [3.63, 3.8) is 0 Å². The summed E-state index contributed by atoms with van der Waals surface area (Å²) in [6.07, 6.45) is 1.25. The predicted octanol–water partition coefficient (Wildman–Crippen LogP) is 5.90. The Morgan fingerprint density at radius 1 is 1.05 bits per heavy atom. The molecule has 1 aliphatic rings. The molecule has 0 aromatic heterocycles. The maximum absolute atomic E-state index is 13.3. The van der Waals surface area contributed by atoms with E-state index in [0.717, 1.165) is 4.90 Å². The van der Waals surface area contributed by atoms with Gasteiger partial charge in [0.1, 0.15) is 10.5 Å². The maximum Gasteiger partial charge on any atom is 0.339 e. The normalized spacial score (nSPS) is 14.9. The molecule has 1 aliphatic heterocycles. The molecular formula is C26H19BrCl2N2O7S. The summed E-state index contributed by atoms with van der Waals surface area (Å²) in [5.41, 5.74) is 0.639. The second-order valence-corrected chi connectivity index (χ2v) is 11.3. The molecule has 0 saturated carbocycles. The van der Waals surface area contributed by atoms with Gasteiger partial charge in [-0.1, -0.05) is 29.3 Å². The number of barbiturate groups is 1. The number of halogens is 3. The van der Waals surface area contributed by atoms with Crippen LogP contribution < -0.4 is 19.1 Å². The molecule has 39 heavy (non-hydrogen) atoms. The monoisotopic (exact) mass is 652 g/mol. The summed E-state index contributed by atoms with van der Waals surface area (Å²) in [7, 11) is -4.26. The summed E-state index contributed by atoms with van der Waals surface area (Å²) >= 11 is 15.3. The van der Waals surface area contributed by atoms with Crippen molar-refractivity contribution in [1.29, 1.82) is 0 Å². The summed E-state index contributed by atoms with van der Waals surface area (Å²) < 4.78 is 36.9. The zero-order chi connectivity index (χ0) is 28.5. The van der Waals surface area contributed by atoms with Crippen molar-refractivity contribution < 1.29 is 31.7 Å². The molecule has 9 nitrogen and oxygen atoms in total. The van der Waals surface area contributed by atoms with Crippen LogP contribution in [-0.4, -0.2) is 32.9 Å². The lowest BCUT2D eigenvalue weighted by molar-refractivity contribution is -0.122. The first-order chi connectivity index (χ1) is 18.4. The number of nitrogens with one attached hydrogen (secondary N) is 1. The molecule has 1 fully saturated rings. The van der Waals surface area contributed by atoms with Gasteiger partial charge < -0.3 is 8.92 Å². The smallest absolute Gasteiger partial charge is 0.339 e. The quantitative estimate of drug-likeness (QED) is 0.192. The molecule has 0 unspecified atom stereocenters. The maximum atomic E-state index is 13.3. The van der Waals surface area contributed by atoms with Crippen LogP contribution in [0.2, 0.25) is 10.0 Å². The van der Waals surface area contributed by atoms with Crippen molar-refractivity contribution in [1.82, 2.24) is 5.32 Å². The Morgan fingerprint density at radius 2 is 1.74 bits per heavy atom. The van der Waals surface area contributed by atoms with E-state index in [-0.39, 0.29) is 44.3 Å². The van der Waals surface area contributed by atoms with E-state index >= 15 is 0 Å². The highest BCUT2D eigenvalue weighted by atomic mass is 79.9. The molecule has 13 heteroatoms. The third kappa shape index (κ3) is 5.96. The summed E-state index contributed by atoms with van der Waals surface area (Å²) in [5.74, 6) is -1.88. The largest absolute Gasteiger partial charge is 0.490 e. The number of urea groups is 1. The van der Waals surface area contributed by atoms with Gasteiger partial charge >= 0.3 is 16.1 Å². The van der Waals surface area contributed by atoms with Crippen LogP contribution in [0.4, 0.5) is 10.5 Å². The molecule has 3 aromatic rings. The fourth-order valence-corrected chi connectivity index (χ4v) is 5.56. The van der Waals surface area contributed by atoms with Crippen LogP contribution in [0.25, 0.3) is 6.08 Å². The first-order valence-electron chi connectivity index (χ1n) is 11.3. The number of benzene rings is 3. The van der Waals surface area contributed by atoms with Crippen LogP contribution in [0.15, 0.2) is 69.5 Å². The molecule has 1 saturated heterocycles. The van der Waals surface area contributed by atoms with Gasteiger partial charge in [-0.15, -0.1) is 0 Å². The molecule has 4 amide bonds. The van der Waals surface area contributed by atoms with Gasteiger partial charge in [0.2, 0.25) is 0 Å². The van der Waals surface area contributed by atoms with Crippen molar-refractivity contribution in [2.75, 3.05) is 11.5 Å². The number of hydrogen-bond donors (Lipinski definition) is 1. The Balaban J connectivity index is 1.74. The summed E-state index contributed by atoms with van der Waals surface area (Å²) in [6, 6.07) is 12.1. The van der Waals surface area contributed by atoms with Gasteiger partial charge in [0.15, 0.2) is 11.5 Å². The fourth-order valence-electron chi connectivity index (χ4n) is 3.66. The van der Waals surface area contributed by atoms with Crippen LogP contribution in [-0.2, 0) is 19.7 Å². The SMILES string of the molecule is CCOc1cc(/C=C2\C(=O)NC(=O)N(c3cccc(Cl)c3C)C2=O)cc(Br)c1OS(=O)(=O)c1ccc(Cl)cc1. The summed E-state index contributed by atoms with van der Waals surface area (Å²) in [4.78, 5) is 39.2. The predicted molar refractivity (Wildman–Crippen MR) is 150 cm³/mol. The van der Waals surface area contributed by atoms with Crippen molar-refractivity contribution in [2.24, 2.45) is 0 Å². The molecule has 0 atom stereocenters. The van der Waals surface area contributed by atoms with E-state index in [0.29, 0.717) is 15.6 Å². The van der Waals surface area contributed by atoms with E-state index in [1.807, 2.05) is 0 Å². The van der Waals surface area contributed by atoms with E-state index in [2.05, 4.69) is 21.2 Å². The van der Waals surface area contributed by atoms with Gasteiger partial charge in [0.25, 0.3) is 11.8 Å². The van der Waals surface area contributed by atoms with E-state index in [9.17, 15) is 22.8 Å². The zero-order valence-electron chi connectivity index (χ0n) is 20.3. The van der Waals surface area contributed by atoms with Crippen molar-refractivity contribution in [3.8, 4) is 11.5 Å². The Bertz CT molecular complexity index is 1640. The Hall–Kier alpha value is -3.38. The third-order valence-electron chi connectivity index (χ3n) is 5.52. The second-order valence-electron chi connectivity index (χ2n) is 8.10. The Kier molecular flexibility index (Phi) is 8.36. The lowest BCUT2D eigenvalue weighted by atomic mass is 10.1. The van der Waals surface area contributed by atoms with E-state index < -0.39 is 28.0 Å². The van der Waals surface area contributed by atoms with Gasteiger partial charge in [0.05, 0.1) is 16.8 Å². The average Bonchev–Trinajstić information content (AvgIpc) is 2.87. The third-order valence-corrected chi connectivity index (χ3v) is 8.01. The summed E-state index contributed by atoms with van der Waals surface area (Å²) in [6.45, 7) is 3.48. The highest BCUT2D eigenvalue weighted by Crippen LogP contribution is 2.40. The number of carbonyl (C=O) groups is 3. The van der Waals surface area contributed by atoms with Gasteiger partial charge in [-0.2, -0.15) is 8.42 Å². The molecule has 0 aliphatic carbocycles.